The van der Waals surface area contributed by atoms with Gasteiger partial charge in [0.15, 0.2) is 0 Å². The number of fused-ring (bicyclic) bond motifs is 3. The number of aliphatic hydroxyl groups is 1. The highest BCUT2D eigenvalue weighted by Crippen LogP contribution is 2.44. The van der Waals surface area contributed by atoms with Gasteiger partial charge in [0.2, 0.25) is 0 Å². The monoisotopic (exact) mass is 340 g/mol. The van der Waals surface area contributed by atoms with Gasteiger partial charge in [0.05, 0.1) is 0 Å². The zero-order valence-electron chi connectivity index (χ0n) is 15.9. The molecule has 0 saturated carbocycles. The molecule has 0 radical (unpaired) electrons. The predicted octanol–water partition coefficient (Wildman–Crippen LogP) is 4.89. The van der Waals surface area contributed by atoms with Crippen molar-refractivity contribution in [3.8, 4) is 0 Å². The van der Waals surface area contributed by atoms with Gasteiger partial charge in [-0.3, -0.25) is 9.88 Å². The quantitative estimate of drug-likeness (QED) is 0.845. The van der Waals surface area contributed by atoms with Gasteiger partial charge in [-0.2, -0.15) is 0 Å². The Bertz CT molecular complexity index is 627. The molecule has 4 rings (SSSR count). The molecule has 0 amide bonds. The third-order valence-corrected chi connectivity index (χ3v) is 4.92. The van der Waals surface area contributed by atoms with E-state index in [0.717, 1.165) is 37.9 Å². The fourth-order valence-corrected chi connectivity index (χ4v) is 3.24. The highest BCUT2D eigenvalue weighted by atomic mass is 16.3. The van der Waals surface area contributed by atoms with E-state index in [1.807, 2.05) is 24.4 Å². The summed E-state index contributed by atoms with van der Waals surface area (Å²) in [6.07, 6.45) is 9.40. The summed E-state index contributed by atoms with van der Waals surface area (Å²) in [7, 11) is 0. The standard InChI is InChI=1S/C11H13NO.C7H9N.C4H10/c13-11-6-3-7-12(11)8-9-4-1-2-5-10(9)11;1-2-7-4-3-5-8-6-7;1-3-4-2/h1-2,4-5,13H,3,6-8H2;3-6H,2H2,1H3;3-4H2,1-2H3. The lowest BCUT2D eigenvalue weighted by molar-refractivity contribution is -0.0759. The van der Waals surface area contributed by atoms with E-state index in [9.17, 15) is 5.11 Å². The molecular weight excluding hydrogens is 308 g/mol. The summed E-state index contributed by atoms with van der Waals surface area (Å²) >= 11 is 0. The van der Waals surface area contributed by atoms with E-state index in [2.05, 4.69) is 48.9 Å². The Morgan fingerprint density at radius 3 is 2.44 bits per heavy atom. The average molecular weight is 341 g/mol. The average Bonchev–Trinajstić information content (AvgIpc) is 3.17. The summed E-state index contributed by atoms with van der Waals surface area (Å²) in [5.41, 5.74) is 3.10. The normalized spacial score (nSPS) is 20.6. The van der Waals surface area contributed by atoms with Crippen LogP contribution in [0.3, 0.4) is 0 Å². The molecule has 0 bridgehead atoms. The van der Waals surface area contributed by atoms with Crippen molar-refractivity contribution in [1.29, 1.82) is 0 Å². The van der Waals surface area contributed by atoms with E-state index in [1.165, 1.54) is 24.0 Å². The second kappa shape index (κ2) is 9.69. The number of unbranched alkanes of at least 4 members (excludes halogenated alkanes) is 1. The lowest BCUT2D eigenvalue weighted by Crippen LogP contribution is -2.34. The maximum atomic E-state index is 10.4. The van der Waals surface area contributed by atoms with Crippen LogP contribution in [0.5, 0.6) is 0 Å². The summed E-state index contributed by atoms with van der Waals surface area (Å²) in [6, 6.07) is 12.3. The molecule has 1 N–H and O–H groups in total. The lowest BCUT2D eigenvalue weighted by Gasteiger charge is -2.26. The van der Waals surface area contributed by atoms with Crippen LogP contribution in [0, 0.1) is 0 Å². The van der Waals surface area contributed by atoms with Crippen LogP contribution in [0.2, 0.25) is 0 Å². The van der Waals surface area contributed by atoms with Crippen LogP contribution in [0.15, 0.2) is 48.8 Å². The Balaban J connectivity index is 0.000000161. The van der Waals surface area contributed by atoms with E-state index >= 15 is 0 Å². The number of nitrogens with zero attached hydrogens (tertiary/aromatic N) is 2. The fraction of sp³-hybridized carbons (Fsp3) is 0.500. The maximum Gasteiger partial charge on any atom is 0.145 e. The zero-order valence-corrected chi connectivity index (χ0v) is 15.9. The molecule has 2 aliphatic rings. The van der Waals surface area contributed by atoms with Crippen molar-refractivity contribution in [3.05, 3.63) is 65.5 Å². The second-order valence-electron chi connectivity index (χ2n) is 6.71. The Morgan fingerprint density at radius 2 is 1.84 bits per heavy atom. The first-order chi connectivity index (χ1) is 12.2. The maximum absolute atomic E-state index is 10.4. The van der Waals surface area contributed by atoms with Gasteiger partial charge in [0, 0.05) is 31.0 Å². The van der Waals surface area contributed by atoms with Gasteiger partial charge in [-0.25, -0.2) is 0 Å². The number of rotatable bonds is 2. The molecule has 3 nitrogen and oxygen atoms in total. The van der Waals surface area contributed by atoms with Crippen LogP contribution in [-0.2, 0) is 18.7 Å². The van der Waals surface area contributed by atoms with E-state index in [-0.39, 0.29) is 0 Å². The van der Waals surface area contributed by atoms with Crippen LogP contribution in [0.1, 0.15) is 63.1 Å². The minimum atomic E-state index is -0.628. The second-order valence-corrected chi connectivity index (χ2v) is 6.71. The Labute approximate surface area is 152 Å². The molecule has 3 heterocycles. The van der Waals surface area contributed by atoms with Crippen molar-refractivity contribution >= 4 is 0 Å². The molecule has 2 aromatic rings. The molecule has 1 aromatic heterocycles. The molecular formula is C22H32N2O. The third-order valence-electron chi connectivity index (χ3n) is 4.92. The molecule has 25 heavy (non-hydrogen) atoms. The van der Waals surface area contributed by atoms with Crippen LogP contribution in [0.4, 0.5) is 0 Å². The van der Waals surface area contributed by atoms with Crippen molar-refractivity contribution in [2.45, 2.75) is 65.1 Å². The highest BCUT2D eigenvalue weighted by molar-refractivity contribution is 5.36. The van der Waals surface area contributed by atoms with Gasteiger partial charge in [-0.05, 0) is 36.5 Å². The Kier molecular flexibility index (Phi) is 7.60. The molecule has 0 spiro atoms. The first-order valence-corrected chi connectivity index (χ1v) is 9.60. The molecule has 1 atom stereocenters. The van der Waals surface area contributed by atoms with E-state index in [0.29, 0.717) is 0 Å². The van der Waals surface area contributed by atoms with Gasteiger partial charge in [-0.1, -0.05) is 63.9 Å². The molecule has 3 heteroatoms. The number of aryl methyl sites for hydroxylation is 1. The molecule has 1 fully saturated rings. The van der Waals surface area contributed by atoms with E-state index < -0.39 is 5.72 Å². The SMILES string of the molecule is CCCC.CCc1cccnc1.OC12CCCN1Cc1ccccc12. The topological polar surface area (TPSA) is 36.4 Å². The smallest absolute Gasteiger partial charge is 0.145 e. The van der Waals surface area contributed by atoms with Gasteiger partial charge in [0.1, 0.15) is 5.72 Å². The number of benzene rings is 1. The molecule has 1 aromatic carbocycles. The summed E-state index contributed by atoms with van der Waals surface area (Å²) in [5.74, 6) is 0. The number of pyridine rings is 1. The number of hydrogen-bond acceptors (Lipinski definition) is 3. The van der Waals surface area contributed by atoms with Crippen LogP contribution in [0.25, 0.3) is 0 Å². The van der Waals surface area contributed by atoms with Crippen molar-refractivity contribution in [3.63, 3.8) is 0 Å². The summed E-state index contributed by atoms with van der Waals surface area (Å²) in [4.78, 5) is 6.13. The van der Waals surface area contributed by atoms with Crippen molar-refractivity contribution in [1.82, 2.24) is 9.88 Å². The molecule has 1 saturated heterocycles. The zero-order chi connectivity index (χ0) is 18.1. The molecule has 0 aliphatic carbocycles. The van der Waals surface area contributed by atoms with Crippen LogP contribution >= 0.6 is 0 Å². The minimum absolute atomic E-state index is 0.628. The summed E-state index contributed by atoms with van der Waals surface area (Å²) in [6.45, 7) is 8.44. The van der Waals surface area contributed by atoms with E-state index in [1.54, 1.807) is 6.20 Å². The Morgan fingerprint density at radius 1 is 1.08 bits per heavy atom. The minimum Gasteiger partial charge on any atom is -0.371 e. The highest BCUT2D eigenvalue weighted by Gasteiger charge is 2.46. The van der Waals surface area contributed by atoms with Crippen LogP contribution in [-0.4, -0.2) is 21.5 Å². The first-order valence-electron chi connectivity index (χ1n) is 9.60. The molecule has 2 aliphatic heterocycles. The molecule has 1 unspecified atom stereocenters. The number of hydrogen-bond donors (Lipinski definition) is 1. The summed E-state index contributed by atoms with van der Waals surface area (Å²) < 4.78 is 0. The van der Waals surface area contributed by atoms with Crippen molar-refractivity contribution < 1.29 is 5.11 Å². The third kappa shape index (κ3) is 4.90. The predicted molar refractivity (Wildman–Crippen MR) is 104 cm³/mol. The van der Waals surface area contributed by atoms with Crippen LogP contribution < -0.4 is 0 Å². The van der Waals surface area contributed by atoms with Gasteiger partial charge < -0.3 is 5.11 Å². The lowest BCUT2D eigenvalue weighted by atomic mass is 9.99. The summed E-state index contributed by atoms with van der Waals surface area (Å²) in [5, 5.41) is 10.4. The fourth-order valence-electron chi connectivity index (χ4n) is 3.24. The largest absolute Gasteiger partial charge is 0.371 e. The van der Waals surface area contributed by atoms with Gasteiger partial charge in [0.25, 0.3) is 0 Å². The first kappa shape index (κ1) is 19.6. The van der Waals surface area contributed by atoms with Gasteiger partial charge in [-0.15, -0.1) is 0 Å². The van der Waals surface area contributed by atoms with Crippen molar-refractivity contribution in [2.24, 2.45) is 0 Å². The Hall–Kier alpha value is -1.71. The van der Waals surface area contributed by atoms with Crippen molar-refractivity contribution in [2.75, 3.05) is 6.54 Å². The van der Waals surface area contributed by atoms with Gasteiger partial charge >= 0.3 is 0 Å². The molecule has 136 valence electrons. The number of aromatic nitrogens is 1. The van der Waals surface area contributed by atoms with E-state index in [4.69, 9.17) is 0 Å².